The van der Waals surface area contributed by atoms with E-state index >= 15 is 0 Å². The highest BCUT2D eigenvalue weighted by atomic mass is 14.9. The molecular weight excluding hydrogens is 150 g/mol. The Morgan fingerprint density at radius 3 is 2.67 bits per heavy atom. The van der Waals surface area contributed by atoms with Crippen LogP contribution >= 0.6 is 0 Å². The van der Waals surface area contributed by atoms with E-state index in [9.17, 15) is 0 Å². The van der Waals surface area contributed by atoms with Crippen molar-refractivity contribution in [2.45, 2.75) is 12.5 Å². The molecule has 1 aromatic heterocycles. The SMILES string of the molecule is CNC(CCN)c1ccncc1. The third-order valence-electron chi connectivity index (χ3n) is 1.91. The first kappa shape index (κ1) is 9.16. The van der Waals surface area contributed by atoms with E-state index in [-0.39, 0.29) is 0 Å². The molecule has 0 saturated heterocycles. The summed E-state index contributed by atoms with van der Waals surface area (Å²) in [5.41, 5.74) is 6.73. The normalized spacial score (nSPS) is 12.8. The monoisotopic (exact) mass is 165 g/mol. The highest BCUT2D eigenvalue weighted by Crippen LogP contribution is 2.13. The van der Waals surface area contributed by atoms with Gasteiger partial charge in [-0.3, -0.25) is 4.98 Å². The Hall–Kier alpha value is -0.930. The van der Waals surface area contributed by atoms with Crippen LogP contribution in [0.5, 0.6) is 0 Å². The molecule has 0 aliphatic rings. The topological polar surface area (TPSA) is 50.9 Å². The van der Waals surface area contributed by atoms with E-state index in [1.165, 1.54) is 5.56 Å². The Balaban J connectivity index is 2.66. The highest BCUT2D eigenvalue weighted by molar-refractivity contribution is 5.14. The van der Waals surface area contributed by atoms with Crippen molar-refractivity contribution in [3.63, 3.8) is 0 Å². The van der Waals surface area contributed by atoms with Gasteiger partial charge in [-0.05, 0) is 37.7 Å². The van der Waals surface area contributed by atoms with Crippen LogP contribution in [0.2, 0.25) is 0 Å². The van der Waals surface area contributed by atoms with E-state index < -0.39 is 0 Å². The maximum Gasteiger partial charge on any atom is 0.0330 e. The van der Waals surface area contributed by atoms with Gasteiger partial charge in [0.1, 0.15) is 0 Å². The van der Waals surface area contributed by atoms with Gasteiger partial charge in [0.2, 0.25) is 0 Å². The summed E-state index contributed by atoms with van der Waals surface area (Å²) >= 11 is 0. The summed E-state index contributed by atoms with van der Waals surface area (Å²) in [7, 11) is 1.95. The van der Waals surface area contributed by atoms with Crippen LogP contribution in [-0.2, 0) is 0 Å². The van der Waals surface area contributed by atoms with Crippen molar-refractivity contribution in [1.82, 2.24) is 10.3 Å². The molecule has 1 heterocycles. The number of nitrogens with one attached hydrogen (secondary N) is 1. The van der Waals surface area contributed by atoms with Crippen molar-refractivity contribution in [1.29, 1.82) is 0 Å². The summed E-state index contributed by atoms with van der Waals surface area (Å²) < 4.78 is 0. The molecule has 3 nitrogen and oxygen atoms in total. The molecule has 0 spiro atoms. The van der Waals surface area contributed by atoms with E-state index in [4.69, 9.17) is 5.73 Å². The molecule has 0 radical (unpaired) electrons. The second-order valence-corrected chi connectivity index (χ2v) is 2.70. The lowest BCUT2D eigenvalue weighted by molar-refractivity contribution is 0.556. The molecule has 1 unspecified atom stereocenters. The summed E-state index contributed by atoms with van der Waals surface area (Å²) in [6.07, 6.45) is 4.56. The van der Waals surface area contributed by atoms with Crippen LogP contribution < -0.4 is 11.1 Å². The summed E-state index contributed by atoms with van der Waals surface area (Å²) in [6, 6.07) is 4.38. The van der Waals surface area contributed by atoms with Crippen molar-refractivity contribution in [2.24, 2.45) is 5.73 Å². The Morgan fingerprint density at radius 1 is 1.50 bits per heavy atom. The third-order valence-corrected chi connectivity index (χ3v) is 1.91. The van der Waals surface area contributed by atoms with Gasteiger partial charge in [-0.1, -0.05) is 0 Å². The van der Waals surface area contributed by atoms with E-state index in [0.29, 0.717) is 12.6 Å². The van der Waals surface area contributed by atoms with Crippen molar-refractivity contribution in [2.75, 3.05) is 13.6 Å². The molecule has 1 aromatic rings. The molecule has 12 heavy (non-hydrogen) atoms. The van der Waals surface area contributed by atoms with Crippen LogP contribution in [-0.4, -0.2) is 18.6 Å². The van der Waals surface area contributed by atoms with Gasteiger partial charge in [-0.15, -0.1) is 0 Å². The molecule has 0 fully saturated rings. The van der Waals surface area contributed by atoms with Crippen LogP contribution in [0.4, 0.5) is 0 Å². The van der Waals surface area contributed by atoms with Crippen molar-refractivity contribution in [3.8, 4) is 0 Å². The maximum atomic E-state index is 5.49. The molecule has 1 atom stereocenters. The zero-order valence-electron chi connectivity index (χ0n) is 7.33. The molecule has 0 saturated carbocycles. The molecule has 0 bridgehead atoms. The van der Waals surface area contributed by atoms with Crippen molar-refractivity contribution in [3.05, 3.63) is 30.1 Å². The number of rotatable bonds is 4. The first-order valence-electron chi connectivity index (χ1n) is 4.15. The van der Waals surface area contributed by atoms with Gasteiger partial charge in [-0.2, -0.15) is 0 Å². The number of aromatic nitrogens is 1. The molecule has 0 aliphatic heterocycles. The third kappa shape index (κ3) is 2.29. The predicted molar refractivity (Wildman–Crippen MR) is 49.7 cm³/mol. The first-order valence-corrected chi connectivity index (χ1v) is 4.15. The molecule has 3 heteroatoms. The van der Waals surface area contributed by atoms with Gasteiger partial charge in [0.05, 0.1) is 0 Å². The number of hydrogen-bond acceptors (Lipinski definition) is 3. The van der Waals surface area contributed by atoms with E-state index in [1.807, 2.05) is 19.2 Å². The number of pyridine rings is 1. The fraction of sp³-hybridized carbons (Fsp3) is 0.444. The molecule has 0 aliphatic carbocycles. The Labute approximate surface area is 73.0 Å². The minimum absolute atomic E-state index is 0.359. The zero-order chi connectivity index (χ0) is 8.81. The fourth-order valence-electron chi connectivity index (χ4n) is 1.24. The highest BCUT2D eigenvalue weighted by Gasteiger charge is 2.05. The summed E-state index contributed by atoms with van der Waals surface area (Å²) in [5, 5.41) is 3.21. The average molecular weight is 165 g/mol. The molecular formula is C9H15N3. The Morgan fingerprint density at radius 2 is 2.17 bits per heavy atom. The van der Waals surface area contributed by atoms with Crippen LogP contribution in [0.25, 0.3) is 0 Å². The van der Waals surface area contributed by atoms with Crippen LogP contribution in [0, 0.1) is 0 Å². The van der Waals surface area contributed by atoms with Crippen molar-refractivity contribution >= 4 is 0 Å². The molecule has 1 rings (SSSR count). The maximum absolute atomic E-state index is 5.49. The summed E-state index contributed by atoms with van der Waals surface area (Å²) in [4.78, 5) is 3.96. The predicted octanol–water partition coefficient (Wildman–Crippen LogP) is 0.691. The Bertz CT molecular complexity index is 210. The summed E-state index contributed by atoms with van der Waals surface area (Å²) in [6.45, 7) is 0.702. The quantitative estimate of drug-likeness (QED) is 0.690. The number of nitrogens with two attached hydrogens (primary N) is 1. The molecule has 3 N–H and O–H groups in total. The molecule has 0 amide bonds. The lowest BCUT2D eigenvalue weighted by Gasteiger charge is -2.14. The molecule has 0 aromatic carbocycles. The van der Waals surface area contributed by atoms with E-state index in [2.05, 4.69) is 10.3 Å². The molecule has 66 valence electrons. The van der Waals surface area contributed by atoms with Gasteiger partial charge in [0.25, 0.3) is 0 Å². The minimum Gasteiger partial charge on any atom is -0.330 e. The minimum atomic E-state index is 0.359. The van der Waals surface area contributed by atoms with Crippen LogP contribution in [0.1, 0.15) is 18.0 Å². The lowest BCUT2D eigenvalue weighted by atomic mass is 10.1. The van der Waals surface area contributed by atoms with Gasteiger partial charge in [-0.25, -0.2) is 0 Å². The van der Waals surface area contributed by atoms with E-state index in [1.54, 1.807) is 12.4 Å². The van der Waals surface area contributed by atoms with Crippen LogP contribution in [0.15, 0.2) is 24.5 Å². The van der Waals surface area contributed by atoms with Gasteiger partial charge in [0, 0.05) is 18.4 Å². The average Bonchev–Trinajstić information content (AvgIpc) is 2.15. The standard InChI is InChI=1S/C9H15N3/c1-11-9(2-5-10)8-3-6-12-7-4-8/h3-4,6-7,9,11H,2,5,10H2,1H3. The van der Waals surface area contributed by atoms with E-state index in [0.717, 1.165) is 6.42 Å². The summed E-state index contributed by atoms with van der Waals surface area (Å²) in [5.74, 6) is 0. The van der Waals surface area contributed by atoms with Crippen molar-refractivity contribution < 1.29 is 0 Å². The van der Waals surface area contributed by atoms with Crippen LogP contribution in [0.3, 0.4) is 0 Å². The second kappa shape index (κ2) is 4.85. The van der Waals surface area contributed by atoms with Gasteiger partial charge in [0.15, 0.2) is 0 Å². The lowest BCUT2D eigenvalue weighted by Crippen LogP contribution is -2.19. The van der Waals surface area contributed by atoms with Gasteiger partial charge >= 0.3 is 0 Å². The number of hydrogen-bond donors (Lipinski definition) is 2. The largest absolute Gasteiger partial charge is 0.330 e. The zero-order valence-corrected chi connectivity index (χ0v) is 7.33. The second-order valence-electron chi connectivity index (χ2n) is 2.70. The number of nitrogens with zero attached hydrogens (tertiary/aromatic N) is 1. The Kier molecular flexibility index (Phi) is 3.70. The fourth-order valence-corrected chi connectivity index (χ4v) is 1.24. The smallest absolute Gasteiger partial charge is 0.0330 e. The van der Waals surface area contributed by atoms with Gasteiger partial charge < -0.3 is 11.1 Å². The first-order chi connectivity index (χ1) is 5.88.